The molecule has 0 unspecified atom stereocenters. The van der Waals surface area contributed by atoms with Gasteiger partial charge >= 0.3 is 0 Å². The molecule has 1 amide bonds. The van der Waals surface area contributed by atoms with E-state index < -0.39 is 11.7 Å². The predicted octanol–water partition coefficient (Wildman–Crippen LogP) is 3.97. The van der Waals surface area contributed by atoms with Gasteiger partial charge in [0.25, 0.3) is 5.91 Å². The van der Waals surface area contributed by atoms with Crippen molar-refractivity contribution in [2.75, 3.05) is 7.05 Å². The minimum absolute atomic E-state index is 0.0562. The lowest BCUT2D eigenvalue weighted by Gasteiger charge is -2.17. The van der Waals surface area contributed by atoms with E-state index in [1.807, 2.05) is 0 Å². The molecule has 0 bridgehead atoms. The first-order chi connectivity index (χ1) is 11.5. The van der Waals surface area contributed by atoms with Crippen molar-refractivity contribution in [2.24, 2.45) is 0 Å². The Bertz CT molecular complexity index is 983. The third-order valence-corrected chi connectivity index (χ3v) is 4.10. The van der Waals surface area contributed by atoms with Crippen LogP contribution >= 0.6 is 15.9 Å². The van der Waals surface area contributed by atoms with Crippen molar-refractivity contribution in [2.45, 2.75) is 6.54 Å². The lowest BCUT2D eigenvalue weighted by atomic mass is 10.2. The highest BCUT2D eigenvalue weighted by Gasteiger charge is 2.18. The van der Waals surface area contributed by atoms with Crippen molar-refractivity contribution >= 4 is 32.8 Å². The van der Waals surface area contributed by atoms with Gasteiger partial charge in [-0.3, -0.25) is 9.59 Å². The molecule has 1 aromatic heterocycles. The molecule has 0 fully saturated rings. The first kappa shape index (κ1) is 16.4. The summed E-state index contributed by atoms with van der Waals surface area (Å²) in [6.45, 7) is 0.0562. The van der Waals surface area contributed by atoms with Crippen LogP contribution in [0.25, 0.3) is 11.0 Å². The van der Waals surface area contributed by atoms with Gasteiger partial charge in [0.15, 0.2) is 11.2 Å². The summed E-state index contributed by atoms with van der Waals surface area (Å²) in [6, 6.07) is 12.4. The van der Waals surface area contributed by atoms with E-state index in [-0.39, 0.29) is 17.7 Å². The molecule has 3 rings (SSSR count). The highest BCUT2D eigenvalue weighted by atomic mass is 79.9. The Kier molecular flexibility index (Phi) is 4.49. The number of amides is 1. The average Bonchev–Trinajstić information content (AvgIpc) is 2.57. The number of hydrogen-bond donors (Lipinski definition) is 0. The summed E-state index contributed by atoms with van der Waals surface area (Å²) in [6.07, 6.45) is 0. The van der Waals surface area contributed by atoms with E-state index in [9.17, 15) is 14.0 Å². The van der Waals surface area contributed by atoms with Gasteiger partial charge in [0.2, 0.25) is 0 Å². The number of rotatable bonds is 3. The predicted molar refractivity (Wildman–Crippen MR) is 92.4 cm³/mol. The van der Waals surface area contributed by atoms with E-state index in [2.05, 4.69) is 15.9 Å². The molecule has 0 N–H and O–H groups in total. The fraction of sp³-hybridized carbons (Fsp3) is 0.111. The molecule has 122 valence electrons. The van der Waals surface area contributed by atoms with Gasteiger partial charge in [-0.2, -0.15) is 0 Å². The van der Waals surface area contributed by atoms with E-state index >= 15 is 0 Å². The van der Waals surface area contributed by atoms with Gasteiger partial charge in [0.1, 0.15) is 11.4 Å². The third kappa shape index (κ3) is 3.23. The number of nitrogens with zero attached hydrogens (tertiary/aromatic N) is 1. The molecule has 0 radical (unpaired) electrons. The third-order valence-electron chi connectivity index (χ3n) is 3.61. The average molecular weight is 390 g/mol. The normalized spacial score (nSPS) is 10.8. The maximum atomic E-state index is 13.8. The minimum atomic E-state index is -0.489. The maximum Gasteiger partial charge on any atom is 0.289 e. The molecule has 0 aliphatic carbocycles. The molecule has 0 atom stereocenters. The van der Waals surface area contributed by atoms with Crippen molar-refractivity contribution in [1.82, 2.24) is 4.90 Å². The molecule has 2 aromatic carbocycles. The molecule has 3 aromatic rings. The van der Waals surface area contributed by atoms with E-state index in [4.69, 9.17) is 4.42 Å². The molecule has 0 saturated heterocycles. The molecule has 0 spiro atoms. The SMILES string of the molecule is CN(Cc1cc(Br)ccc1F)C(=O)c1cc(=O)c2ccccc2o1. The summed E-state index contributed by atoms with van der Waals surface area (Å²) in [7, 11) is 1.53. The Morgan fingerprint density at radius 2 is 1.96 bits per heavy atom. The van der Waals surface area contributed by atoms with Gasteiger partial charge in [-0.05, 0) is 30.3 Å². The van der Waals surface area contributed by atoms with Crippen LogP contribution in [0, 0.1) is 5.82 Å². The zero-order chi connectivity index (χ0) is 17.3. The smallest absolute Gasteiger partial charge is 0.289 e. The van der Waals surface area contributed by atoms with Gasteiger partial charge in [-0.15, -0.1) is 0 Å². The van der Waals surface area contributed by atoms with Crippen LogP contribution in [0.4, 0.5) is 4.39 Å². The van der Waals surface area contributed by atoms with Crippen molar-refractivity contribution in [3.8, 4) is 0 Å². The van der Waals surface area contributed by atoms with Gasteiger partial charge < -0.3 is 9.32 Å². The summed E-state index contributed by atoms with van der Waals surface area (Å²) < 4.78 is 20.1. The molecule has 4 nitrogen and oxygen atoms in total. The maximum absolute atomic E-state index is 13.8. The molecular formula is C18H13BrFNO3. The summed E-state index contributed by atoms with van der Waals surface area (Å²) >= 11 is 3.27. The summed E-state index contributed by atoms with van der Waals surface area (Å²) in [5.41, 5.74) is 0.418. The second-order valence-electron chi connectivity index (χ2n) is 5.37. The molecule has 0 saturated carbocycles. The first-order valence-corrected chi connectivity index (χ1v) is 7.97. The Hall–Kier alpha value is -2.47. The fourth-order valence-corrected chi connectivity index (χ4v) is 2.80. The standard InChI is InChI=1S/C18H13BrFNO3/c1-21(10-11-8-12(19)6-7-14(11)20)18(23)17-9-15(22)13-4-2-3-5-16(13)24-17/h2-9H,10H2,1H3. The van der Waals surface area contributed by atoms with Crippen LogP contribution in [0.2, 0.25) is 0 Å². The first-order valence-electron chi connectivity index (χ1n) is 7.18. The molecule has 0 aliphatic heterocycles. The Labute approximate surface area is 145 Å². The molecule has 24 heavy (non-hydrogen) atoms. The van der Waals surface area contributed by atoms with Gasteiger partial charge in [-0.1, -0.05) is 28.1 Å². The molecule has 0 aliphatic rings. The summed E-state index contributed by atoms with van der Waals surface area (Å²) in [4.78, 5) is 25.9. The van der Waals surface area contributed by atoms with Crippen LogP contribution in [0.1, 0.15) is 16.1 Å². The molecule has 6 heteroatoms. The number of para-hydroxylation sites is 1. The summed E-state index contributed by atoms with van der Waals surface area (Å²) in [5, 5.41) is 0.412. The Balaban J connectivity index is 1.91. The minimum Gasteiger partial charge on any atom is -0.451 e. The van der Waals surface area contributed by atoms with Crippen LogP contribution < -0.4 is 5.43 Å². The highest BCUT2D eigenvalue weighted by molar-refractivity contribution is 9.10. The quantitative estimate of drug-likeness (QED) is 0.680. The largest absolute Gasteiger partial charge is 0.451 e. The number of carbonyl (C=O) groups is 1. The van der Waals surface area contributed by atoms with Crippen LogP contribution in [0.5, 0.6) is 0 Å². The van der Waals surface area contributed by atoms with E-state index in [1.54, 1.807) is 36.4 Å². The second-order valence-corrected chi connectivity index (χ2v) is 6.28. The number of carbonyl (C=O) groups excluding carboxylic acids is 1. The number of benzene rings is 2. The van der Waals surface area contributed by atoms with Crippen LogP contribution in [0.3, 0.4) is 0 Å². The zero-order valence-corrected chi connectivity index (χ0v) is 14.3. The number of hydrogen-bond acceptors (Lipinski definition) is 3. The van der Waals surface area contributed by atoms with E-state index in [0.717, 1.165) is 4.47 Å². The lowest BCUT2D eigenvalue weighted by molar-refractivity contribution is 0.0752. The Morgan fingerprint density at radius 1 is 1.21 bits per heavy atom. The summed E-state index contributed by atoms with van der Waals surface area (Å²) in [5.74, 6) is -0.966. The van der Waals surface area contributed by atoms with E-state index in [0.29, 0.717) is 16.5 Å². The number of fused-ring (bicyclic) bond motifs is 1. The molecule has 1 heterocycles. The second kappa shape index (κ2) is 6.57. The van der Waals surface area contributed by atoms with E-state index in [1.165, 1.54) is 24.1 Å². The lowest BCUT2D eigenvalue weighted by Crippen LogP contribution is -2.27. The van der Waals surface area contributed by atoms with Crippen LogP contribution in [-0.2, 0) is 6.54 Å². The van der Waals surface area contributed by atoms with Crippen LogP contribution in [-0.4, -0.2) is 17.9 Å². The molecular weight excluding hydrogens is 377 g/mol. The van der Waals surface area contributed by atoms with Crippen molar-refractivity contribution in [1.29, 1.82) is 0 Å². The highest BCUT2D eigenvalue weighted by Crippen LogP contribution is 2.18. The van der Waals surface area contributed by atoms with Gasteiger partial charge in [-0.25, -0.2) is 4.39 Å². The van der Waals surface area contributed by atoms with Gasteiger partial charge in [0.05, 0.1) is 5.39 Å². The van der Waals surface area contributed by atoms with Crippen molar-refractivity contribution in [3.63, 3.8) is 0 Å². The van der Waals surface area contributed by atoms with Crippen molar-refractivity contribution < 1.29 is 13.6 Å². The zero-order valence-electron chi connectivity index (χ0n) is 12.8. The van der Waals surface area contributed by atoms with Gasteiger partial charge in [0, 0.05) is 29.7 Å². The number of halogens is 2. The topological polar surface area (TPSA) is 50.5 Å². The van der Waals surface area contributed by atoms with Crippen LogP contribution in [0.15, 0.2) is 62.2 Å². The fourth-order valence-electron chi connectivity index (χ4n) is 2.39. The van der Waals surface area contributed by atoms with Crippen molar-refractivity contribution in [3.05, 3.63) is 80.4 Å². The Morgan fingerprint density at radius 3 is 2.75 bits per heavy atom. The monoisotopic (exact) mass is 389 g/mol.